The molecule has 0 fully saturated rings. The number of nitrogens with two attached hydrogens (primary N) is 1. The minimum absolute atomic E-state index is 0. The standard InChI is InChI=1S/C7H9NO3S.Na/c1-5-2-3-6(8)7(4-5)12(9,10)11;/h2-4H,8H2,1H3,(H,9,10,11);. The Hall–Kier alpha value is -0.0700. The molecule has 0 bridgehead atoms. The Bertz CT molecular complexity index is 402. The van der Waals surface area contributed by atoms with E-state index in [0.717, 1.165) is 5.56 Å². The van der Waals surface area contributed by atoms with Crippen LogP contribution < -0.4 is 5.73 Å². The first-order chi connectivity index (χ1) is 5.41. The maximum absolute atomic E-state index is 10.7. The zero-order valence-corrected chi connectivity index (χ0v) is 10.3. The van der Waals surface area contributed by atoms with Crippen molar-refractivity contribution in [3.05, 3.63) is 23.8 Å². The van der Waals surface area contributed by atoms with Crippen LogP contribution in [0, 0.1) is 6.92 Å². The molecule has 0 aliphatic rings. The summed E-state index contributed by atoms with van der Waals surface area (Å²) in [6, 6.07) is 4.44. The molecule has 6 heteroatoms. The fourth-order valence-electron chi connectivity index (χ4n) is 0.865. The van der Waals surface area contributed by atoms with Gasteiger partial charge in [0, 0.05) is 29.6 Å². The summed E-state index contributed by atoms with van der Waals surface area (Å²) in [7, 11) is -4.18. The van der Waals surface area contributed by atoms with Gasteiger partial charge in [0.2, 0.25) is 0 Å². The molecule has 0 aliphatic carbocycles. The predicted octanol–water partition coefficient (Wildman–Crippen LogP) is 0.443. The Morgan fingerprint density at radius 2 is 1.92 bits per heavy atom. The van der Waals surface area contributed by atoms with E-state index in [0.29, 0.717) is 0 Å². The average Bonchev–Trinajstić information content (AvgIpc) is 1.92. The monoisotopic (exact) mass is 210 g/mol. The van der Waals surface area contributed by atoms with Crippen LogP contribution in [0.2, 0.25) is 0 Å². The average molecular weight is 210 g/mol. The first-order valence-electron chi connectivity index (χ1n) is 3.25. The smallest absolute Gasteiger partial charge is 0.296 e. The Kier molecular flexibility index (Phi) is 4.41. The van der Waals surface area contributed by atoms with Crippen LogP contribution in [-0.4, -0.2) is 42.5 Å². The molecule has 0 atom stereocenters. The second-order valence-corrected chi connectivity index (χ2v) is 3.91. The van der Waals surface area contributed by atoms with E-state index < -0.39 is 10.1 Å². The van der Waals surface area contributed by atoms with Gasteiger partial charge < -0.3 is 5.73 Å². The van der Waals surface area contributed by atoms with Crippen molar-refractivity contribution < 1.29 is 13.0 Å². The van der Waals surface area contributed by atoms with Gasteiger partial charge >= 0.3 is 0 Å². The number of hydrogen-bond donors (Lipinski definition) is 2. The summed E-state index contributed by atoms with van der Waals surface area (Å²) in [5, 5.41) is 0. The molecule has 0 unspecified atom stereocenters. The molecule has 67 valence electrons. The number of nitrogen functional groups attached to an aromatic ring is 1. The van der Waals surface area contributed by atoms with Gasteiger partial charge in [0.1, 0.15) is 4.90 Å². The molecule has 0 amide bonds. The van der Waals surface area contributed by atoms with Gasteiger partial charge in [-0.15, -0.1) is 0 Å². The molecular formula is C7H9NNaO3S. The Morgan fingerprint density at radius 3 is 2.31 bits per heavy atom. The van der Waals surface area contributed by atoms with Gasteiger partial charge in [-0.25, -0.2) is 0 Å². The van der Waals surface area contributed by atoms with Crippen molar-refractivity contribution >= 4 is 45.4 Å². The predicted molar refractivity (Wildman–Crippen MR) is 51.2 cm³/mol. The summed E-state index contributed by atoms with van der Waals surface area (Å²) in [6.07, 6.45) is 0. The third-order valence-corrected chi connectivity index (χ3v) is 2.36. The van der Waals surface area contributed by atoms with Gasteiger partial charge in [-0.05, 0) is 24.6 Å². The third-order valence-electron chi connectivity index (χ3n) is 1.45. The van der Waals surface area contributed by atoms with Gasteiger partial charge in [-0.3, -0.25) is 4.55 Å². The van der Waals surface area contributed by atoms with Crippen molar-refractivity contribution in [3.8, 4) is 0 Å². The molecule has 0 heterocycles. The van der Waals surface area contributed by atoms with Gasteiger partial charge in [-0.2, -0.15) is 8.42 Å². The van der Waals surface area contributed by atoms with Crippen LogP contribution in [0.3, 0.4) is 0 Å². The summed E-state index contributed by atoms with van der Waals surface area (Å²) in [6.45, 7) is 1.72. The van der Waals surface area contributed by atoms with Crippen molar-refractivity contribution in [1.29, 1.82) is 0 Å². The van der Waals surface area contributed by atoms with E-state index in [1.165, 1.54) is 12.1 Å². The molecule has 4 nitrogen and oxygen atoms in total. The van der Waals surface area contributed by atoms with E-state index in [-0.39, 0.29) is 40.1 Å². The van der Waals surface area contributed by atoms with E-state index in [2.05, 4.69) is 0 Å². The Morgan fingerprint density at radius 1 is 1.38 bits per heavy atom. The number of benzene rings is 1. The maximum atomic E-state index is 10.7. The quantitative estimate of drug-likeness (QED) is 0.400. The molecule has 0 saturated carbocycles. The molecule has 3 N–H and O–H groups in total. The van der Waals surface area contributed by atoms with Gasteiger partial charge in [-0.1, -0.05) is 6.07 Å². The van der Waals surface area contributed by atoms with Crippen LogP contribution in [0.1, 0.15) is 5.56 Å². The second kappa shape index (κ2) is 4.43. The fourth-order valence-corrected chi connectivity index (χ4v) is 1.57. The normalized spacial score (nSPS) is 10.6. The maximum Gasteiger partial charge on any atom is 0.296 e. The van der Waals surface area contributed by atoms with Crippen molar-refractivity contribution in [3.63, 3.8) is 0 Å². The number of anilines is 1. The Balaban J connectivity index is 0.00000144. The largest absolute Gasteiger partial charge is 0.398 e. The van der Waals surface area contributed by atoms with E-state index in [1.54, 1.807) is 13.0 Å². The molecular weight excluding hydrogens is 201 g/mol. The van der Waals surface area contributed by atoms with Crippen LogP contribution >= 0.6 is 0 Å². The molecule has 0 saturated heterocycles. The van der Waals surface area contributed by atoms with Crippen LogP contribution in [0.25, 0.3) is 0 Å². The summed E-state index contributed by atoms with van der Waals surface area (Å²) in [5.41, 5.74) is 6.13. The minimum Gasteiger partial charge on any atom is -0.398 e. The van der Waals surface area contributed by atoms with E-state index in [9.17, 15) is 8.42 Å². The topological polar surface area (TPSA) is 80.4 Å². The zero-order chi connectivity index (χ0) is 9.35. The zero-order valence-electron chi connectivity index (χ0n) is 7.48. The van der Waals surface area contributed by atoms with Crippen LogP contribution in [-0.2, 0) is 10.1 Å². The Labute approximate surface area is 99.2 Å². The summed E-state index contributed by atoms with van der Waals surface area (Å²) < 4.78 is 30.0. The van der Waals surface area contributed by atoms with Crippen molar-refractivity contribution in [2.45, 2.75) is 11.8 Å². The molecule has 13 heavy (non-hydrogen) atoms. The fraction of sp³-hybridized carbons (Fsp3) is 0.143. The number of aryl methyl sites for hydroxylation is 1. The van der Waals surface area contributed by atoms with Crippen LogP contribution in [0.15, 0.2) is 23.1 Å². The minimum atomic E-state index is -4.18. The van der Waals surface area contributed by atoms with Crippen LogP contribution in [0.5, 0.6) is 0 Å². The summed E-state index contributed by atoms with van der Waals surface area (Å²) in [4.78, 5) is -0.234. The number of rotatable bonds is 1. The van der Waals surface area contributed by atoms with Gasteiger partial charge in [0.15, 0.2) is 0 Å². The molecule has 0 aromatic heterocycles. The molecule has 0 aliphatic heterocycles. The first kappa shape index (κ1) is 12.9. The second-order valence-electron chi connectivity index (χ2n) is 2.52. The van der Waals surface area contributed by atoms with E-state index in [1.807, 2.05) is 0 Å². The third kappa shape index (κ3) is 3.28. The van der Waals surface area contributed by atoms with E-state index >= 15 is 0 Å². The first-order valence-corrected chi connectivity index (χ1v) is 4.69. The molecule has 1 aromatic carbocycles. The summed E-state index contributed by atoms with van der Waals surface area (Å²) >= 11 is 0. The summed E-state index contributed by atoms with van der Waals surface area (Å²) in [5.74, 6) is 0. The van der Waals surface area contributed by atoms with Crippen molar-refractivity contribution in [1.82, 2.24) is 0 Å². The molecule has 0 spiro atoms. The van der Waals surface area contributed by atoms with Crippen molar-refractivity contribution in [2.24, 2.45) is 0 Å². The SMILES string of the molecule is Cc1ccc(N)c(S(=O)(=O)O)c1.[Na]. The van der Waals surface area contributed by atoms with Crippen molar-refractivity contribution in [2.75, 3.05) is 5.73 Å². The molecule has 1 aromatic rings. The van der Waals surface area contributed by atoms with Crippen LogP contribution in [0.4, 0.5) is 5.69 Å². The number of hydrogen-bond acceptors (Lipinski definition) is 3. The molecule has 1 radical (unpaired) electrons. The molecule has 1 rings (SSSR count). The van der Waals surface area contributed by atoms with Gasteiger partial charge in [0.25, 0.3) is 10.1 Å². The van der Waals surface area contributed by atoms with E-state index in [4.69, 9.17) is 10.3 Å². The van der Waals surface area contributed by atoms with Gasteiger partial charge in [0.05, 0.1) is 5.69 Å².